The predicted octanol–water partition coefficient (Wildman–Crippen LogP) is 2.87. The van der Waals surface area contributed by atoms with Gasteiger partial charge in [-0.2, -0.15) is 0 Å². The molecule has 1 atom stereocenters. The lowest BCUT2D eigenvalue weighted by Gasteiger charge is -2.27. The predicted molar refractivity (Wildman–Crippen MR) is 71.5 cm³/mol. The Morgan fingerprint density at radius 3 is 2.94 bits per heavy atom. The fourth-order valence-electron chi connectivity index (χ4n) is 2.69. The number of aryl methyl sites for hydroxylation is 1. The standard InChI is InChI=1S/C14H15FN2S/c1-10-2-3-11(12(15)8-10)14(4-5-16-9-14)13-17-6-7-18-13/h2-3,6-8,16H,4-5,9H2,1H3. The molecule has 1 saturated heterocycles. The molecule has 2 heterocycles. The topological polar surface area (TPSA) is 24.9 Å². The monoisotopic (exact) mass is 262 g/mol. The maximum Gasteiger partial charge on any atom is 0.127 e. The zero-order valence-corrected chi connectivity index (χ0v) is 11.1. The van der Waals surface area contributed by atoms with Crippen molar-refractivity contribution in [2.45, 2.75) is 18.8 Å². The number of benzene rings is 1. The van der Waals surface area contributed by atoms with Gasteiger partial charge in [-0.3, -0.25) is 0 Å². The summed E-state index contributed by atoms with van der Waals surface area (Å²) in [6, 6.07) is 5.51. The van der Waals surface area contributed by atoms with Crippen molar-refractivity contribution >= 4 is 11.3 Å². The van der Waals surface area contributed by atoms with E-state index in [1.165, 1.54) is 0 Å². The molecule has 0 aliphatic carbocycles. The van der Waals surface area contributed by atoms with Crippen LogP contribution in [0.5, 0.6) is 0 Å². The molecule has 0 saturated carbocycles. The number of hydrogen-bond acceptors (Lipinski definition) is 3. The third-order valence-corrected chi connectivity index (χ3v) is 4.61. The van der Waals surface area contributed by atoms with E-state index in [2.05, 4.69) is 10.3 Å². The van der Waals surface area contributed by atoms with Gasteiger partial charge in [-0.1, -0.05) is 12.1 Å². The minimum Gasteiger partial charge on any atom is -0.315 e. The number of rotatable bonds is 2. The highest BCUT2D eigenvalue weighted by Crippen LogP contribution is 2.40. The van der Waals surface area contributed by atoms with Crippen LogP contribution < -0.4 is 5.32 Å². The van der Waals surface area contributed by atoms with E-state index in [4.69, 9.17) is 0 Å². The normalized spacial score (nSPS) is 23.4. The quantitative estimate of drug-likeness (QED) is 0.900. The zero-order valence-electron chi connectivity index (χ0n) is 10.2. The van der Waals surface area contributed by atoms with Crippen molar-refractivity contribution in [2.24, 2.45) is 0 Å². The Morgan fingerprint density at radius 1 is 1.44 bits per heavy atom. The smallest absolute Gasteiger partial charge is 0.127 e. The molecule has 0 spiro atoms. The molecule has 2 aromatic rings. The van der Waals surface area contributed by atoms with Crippen molar-refractivity contribution in [3.63, 3.8) is 0 Å². The van der Waals surface area contributed by atoms with Crippen molar-refractivity contribution in [3.05, 3.63) is 51.7 Å². The van der Waals surface area contributed by atoms with E-state index in [0.717, 1.165) is 35.6 Å². The lowest BCUT2D eigenvalue weighted by Crippen LogP contribution is -2.31. The van der Waals surface area contributed by atoms with Gasteiger partial charge in [0.2, 0.25) is 0 Å². The van der Waals surface area contributed by atoms with Crippen molar-refractivity contribution in [1.29, 1.82) is 0 Å². The lowest BCUT2D eigenvalue weighted by atomic mass is 9.79. The summed E-state index contributed by atoms with van der Waals surface area (Å²) in [5, 5.41) is 6.31. The van der Waals surface area contributed by atoms with Gasteiger partial charge >= 0.3 is 0 Å². The molecule has 1 N–H and O–H groups in total. The number of aromatic nitrogens is 1. The van der Waals surface area contributed by atoms with Crippen LogP contribution in [0.25, 0.3) is 0 Å². The fourth-order valence-corrected chi connectivity index (χ4v) is 3.57. The summed E-state index contributed by atoms with van der Waals surface area (Å²) in [6.45, 7) is 3.59. The first-order valence-electron chi connectivity index (χ1n) is 6.10. The molecule has 1 aliphatic heterocycles. The van der Waals surface area contributed by atoms with Crippen molar-refractivity contribution in [1.82, 2.24) is 10.3 Å². The van der Waals surface area contributed by atoms with Crippen LogP contribution in [0.4, 0.5) is 4.39 Å². The van der Waals surface area contributed by atoms with Crippen LogP contribution in [0.1, 0.15) is 22.6 Å². The summed E-state index contributed by atoms with van der Waals surface area (Å²) in [5.41, 5.74) is 1.44. The summed E-state index contributed by atoms with van der Waals surface area (Å²) < 4.78 is 14.3. The van der Waals surface area contributed by atoms with Gasteiger partial charge in [0.15, 0.2) is 0 Å². The number of nitrogens with zero attached hydrogens (tertiary/aromatic N) is 1. The maximum absolute atomic E-state index is 14.3. The summed E-state index contributed by atoms with van der Waals surface area (Å²) in [6.07, 6.45) is 2.70. The second-order valence-electron chi connectivity index (χ2n) is 4.83. The first kappa shape index (κ1) is 11.8. The first-order chi connectivity index (χ1) is 8.72. The van der Waals surface area contributed by atoms with E-state index in [1.807, 2.05) is 24.4 Å². The Labute approximate surface area is 110 Å². The van der Waals surface area contributed by atoms with Gasteiger partial charge in [-0.25, -0.2) is 9.37 Å². The summed E-state index contributed by atoms with van der Waals surface area (Å²) in [5.74, 6) is -0.117. The first-order valence-corrected chi connectivity index (χ1v) is 6.98. The Hall–Kier alpha value is -1.26. The van der Waals surface area contributed by atoms with Gasteiger partial charge in [-0.15, -0.1) is 11.3 Å². The third kappa shape index (κ3) is 1.76. The average molecular weight is 262 g/mol. The molecule has 1 fully saturated rings. The Balaban J connectivity index is 2.15. The summed E-state index contributed by atoms with van der Waals surface area (Å²) in [7, 11) is 0. The van der Waals surface area contributed by atoms with Gasteiger partial charge in [0, 0.05) is 23.7 Å². The van der Waals surface area contributed by atoms with E-state index < -0.39 is 0 Å². The van der Waals surface area contributed by atoms with Crippen molar-refractivity contribution in [2.75, 3.05) is 13.1 Å². The SMILES string of the molecule is Cc1ccc(C2(c3nccs3)CCNC2)c(F)c1. The molecule has 4 heteroatoms. The van der Waals surface area contributed by atoms with E-state index in [9.17, 15) is 4.39 Å². The molecule has 0 radical (unpaired) electrons. The minimum atomic E-state index is -0.286. The molecule has 1 aromatic carbocycles. The molecule has 1 aromatic heterocycles. The number of halogens is 1. The average Bonchev–Trinajstić information content (AvgIpc) is 3.00. The molecule has 1 aliphatic rings. The highest BCUT2D eigenvalue weighted by molar-refractivity contribution is 7.09. The number of thiazole rings is 1. The molecule has 1 unspecified atom stereocenters. The largest absolute Gasteiger partial charge is 0.315 e. The van der Waals surface area contributed by atoms with Crippen LogP contribution in [0, 0.1) is 12.7 Å². The maximum atomic E-state index is 14.3. The van der Waals surface area contributed by atoms with Crippen LogP contribution in [0.15, 0.2) is 29.8 Å². The van der Waals surface area contributed by atoms with Crippen molar-refractivity contribution in [3.8, 4) is 0 Å². The number of hydrogen-bond donors (Lipinski definition) is 1. The Morgan fingerprint density at radius 2 is 2.33 bits per heavy atom. The van der Waals surface area contributed by atoms with Crippen LogP contribution in [0.3, 0.4) is 0 Å². The minimum absolute atomic E-state index is 0.117. The van der Waals surface area contributed by atoms with E-state index in [-0.39, 0.29) is 11.2 Å². The van der Waals surface area contributed by atoms with E-state index in [0.29, 0.717) is 0 Å². The lowest BCUT2D eigenvalue weighted by molar-refractivity contribution is 0.511. The van der Waals surface area contributed by atoms with E-state index >= 15 is 0 Å². The van der Waals surface area contributed by atoms with Gasteiger partial charge in [0.1, 0.15) is 10.8 Å². The molecule has 18 heavy (non-hydrogen) atoms. The second-order valence-corrected chi connectivity index (χ2v) is 5.72. The molecule has 0 bridgehead atoms. The van der Waals surface area contributed by atoms with Gasteiger partial charge in [0.25, 0.3) is 0 Å². The van der Waals surface area contributed by atoms with Crippen LogP contribution >= 0.6 is 11.3 Å². The molecule has 3 rings (SSSR count). The third-order valence-electron chi connectivity index (χ3n) is 3.64. The van der Waals surface area contributed by atoms with Crippen LogP contribution in [-0.4, -0.2) is 18.1 Å². The summed E-state index contributed by atoms with van der Waals surface area (Å²) in [4.78, 5) is 4.42. The molecular formula is C14H15FN2S. The summed E-state index contributed by atoms with van der Waals surface area (Å²) >= 11 is 1.61. The van der Waals surface area contributed by atoms with Gasteiger partial charge in [-0.05, 0) is 31.5 Å². The molecule has 0 amide bonds. The Bertz CT molecular complexity index is 545. The van der Waals surface area contributed by atoms with E-state index in [1.54, 1.807) is 23.6 Å². The fraction of sp³-hybridized carbons (Fsp3) is 0.357. The highest BCUT2D eigenvalue weighted by atomic mass is 32.1. The van der Waals surface area contributed by atoms with Gasteiger partial charge < -0.3 is 5.32 Å². The Kier molecular flexibility index (Phi) is 2.92. The van der Waals surface area contributed by atoms with Crippen LogP contribution in [0.2, 0.25) is 0 Å². The van der Waals surface area contributed by atoms with Crippen LogP contribution in [-0.2, 0) is 5.41 Å². The van der Waals surface area contributed by atoms with Gasteiger partial charge in [0.05, 0.1) is 5.41 Å². The molecular weight excluding hydrogens is 247 g/mol. The number of nitrogens with one attached hydrogen (secondary N) is 1. The second kappa shape index (κ2) is 4.44. The zero-order chi connectivity index (χ0) is 12.6. The molecule has 94 valence electrons. The highest BCUT2D eigenvalue weighted by Gasteiger charge is 2.41. The molecule has 2 nitrogen and oxygen atoms in total. The van der Waals surface area contributed by atoms with Crippen molar-refractivity contribution < 1.29 is 4.39 Å².